The van der Waals surface area contributed by atoms with E-state index in [0.717, 1.165) is 5.56 Å². The SMILES string of the molecule is CC(c1cccc([N+](=O)[O-])c1)C(C)(C)OC(N)=O. The van der Waals surface area contributed by atoms with Crippen molar-refractivity contribution in [3.05, 3.63) is 39.9 Å². The fourth-order valence-electron chi connectivity index (χ4n) is 1.66. The zero-order chi connectivity index (χ0) is 13.9. The third-order valence-electron chi connectivity index (χ3n) is 2.99. The Morgan fingerprint density at radius 3 is 2.61 bits per heavy atom. The Kier molecular flexibility index (Phi) is 3.90. The molecule has 0 saturated carbocycles. The van der Waals surface area contributed by atoms with Crippen molar-refractivity contribution in [3.63, 3.8) is 0 Å². The van der Waals surface area contributed by atoms with Crippen LogP contribution in [-0.4, -0.2) is 16.6 Å². The molecule has 0 aliphatic carbocycles. The first-order valence-electron chi connectivity index (χ1n) is 5.47. The van der Waals surface area contributed by atoms with Gasteiger partial charge in [-0.05, 0) is 19.4 Å². The largest absolute Gasteiger partial charge is 0.443 e. The molecule has 2 N–H and O–H groups in total. The number of carbonyl (C=O) groups excluding carboxylic acids is 1. The number of nitrogens with two attached hydrogens (primary N) is 1. The molecule has 1 atom stereocenters. The fraction of sp³-hybridized carbons (Fsp3) is 0.417. The summed E-state index contributed by atoms with van der Waals surface area (Å²) < 4.78 is 5.02. The Morgan fingerprint density at radius 2 is 2.11 bits per heavy atom. The van der Waals surface area contributed by atoms with Crippen LogP contribution in [-0.2, 0) is 4.74 Å². The molecule has 6 heteroatoms. The number of primary amides is 1. The van der Waals surface area contributed by atoms with Crippen molar-refractivity contribution in [1.82, 2.24) is 0 Å². The molecule has 18 heavy (non-hydrogen) atoms. The molecule has 0 spiro atoms. The molecule has 0 bridgehead atoms. The highest BCUT2D eigenvalue weighted by atomic mass is 16.6. The van der Waals surface area contributed by atoms with E-state index in [9.17, 15) is 14.9 Å². The molecule has 1 rings (SSSR count). The second-order valence-electron chi connectivity index (χ2n) is 4.60. The lowest BCUT2D eigenvalue weighted by Gasteiger charge is -2.31. The second kappa shape index (κ2) is 5.03. The number of carbonyl (C=O) groups is 1. The molecule has 0 saturated heterocycles. The Balaban J connectivity index is 3.02. The summed E-state index contributed by atoms with van der Waals surface area (Å²) in [5, 5.41) is 10.7. The van der Waals surface area contributed by atoms with Crippen LogP contribution in [0.1, 0.15) is 32.3 Å². The lowest BCUT2D eigenvalue weighted by Crippen LogP contribution is -2.36. The molecule has 1 aromatic carbocycles. The van der Waals surface area contributed by atoms with Gasteiger partial charge >= 0.3 is 6.09 Å². The van der Waals surface area contributed by atoms with Crippen molar-refractivity contribution in [2.24, 2.45) is 5.73 Å². The average Bonchev–Trinajstić information content (AvgIpc) is 2.26. The molecule has 0 aliphatic rings. The lowest BCUT2D eigenvalue weighted by molar-refractivity contribution is -0.384. The summed E-state index contributed by atoms with van der Waals surface area (Å²) in [6, 6.07) is 6.24. The first-order chi connectivity index (χ1) is 8.24. The summed E-state index contributed by atoms with van der Waals surface area (Å²) in [5.41, 5.74) is 4.90. The van der Waals surface area contributed by atoms with Crippen LogP contribution in [0.15, 0.2) is 24.3 Å². The molecule has 1 aromatic rings. The maximum absolute atomic E-state index is 10.8. The predicted molar refractivity (Wildman–Crippen MR) is 66.3 cm³/mol. The standard InChI is InChI=1S/C12H16N2O4/c1-8(12(2,3)18-11(13)15)9-5-4-6-10(7-9)14(16)17/h4-8H,1-3H3,(H2,13,15). The number of nitrogens with zero attached hydrogens (tertiary/aromatic N) is 1. The molecular formula is C12H16N2O4. The van der Waals surface area contributed by atoms with Crippen molar-refractivity contribution in [1.29, 1.82) is 0 Å². The summed E-state index contributed by atoms with van der Waals surface area (Å²) in [5.74, 6) is -0.218. The first kappa shape index (κ1) is 14.0. The van der Waals surface area contributed by atoms with Gasteiger partial charge in [0.1, 0.15) is 5.60 Å². The van der Waals surface area contributed by atoms with Gasteiger partial charge in [-0.2, -0.15) is 0 Å². The maximum Gasteiger partial charge on any atom is 0.405 e. The van der Waals surface area contributed by atoms with Crippen molar-refractivity contribution in [2.45, 2.75) is 32.3 Å². The molecule has 0 radical (unpaired) electrons. The van der Waals surface area contributed by atoms with Crippen LogP contribution in [0, 0.1) is 10.1 Å². The Hall–Kier alpha value is -2.11. The molecular weight excluding hydrogens is 236 g/mol. The van der Waals surface area contributed by atoms with Gasteiger partial charge in [-0.1, -0.05) is 19.1 Å². The van der Waals surface area contributed by atoms with Crippen LogP contribution in [0.2, 0.25) is 0 Å². The van der Waals surface area contributed by atoms with E-state index in [2.05, 4.69) is 0 Å². The summed E-state index contributed by atoms with van der Waals surface area (Å²) in [6.45, 7) is 5.24. The van der Waals surface area contributed by atoms with E-state index in [4.69, 9.17) is 10.5 Å². The van der Waals surface area contributed by atoms with Crippen LogP contribution in [0.3, 0.4) is 0 Å². The van der Waals surface area contributed by atoms with Crippen LogP contribution < -0.4 is 5.73 Å². The number of hydrogen-bond acceptors (Lipinski definition) is 4. The minimum Gasteiger partial charge on any atom is -0.443 e. The molecule has 6 nitrogen and oxygen atoms in total. The fourth-order valence-corrected chi connectivity index (χ4v) is 1.66. The molecule has 1 amide bonds. The number of amides is 1. The van der Waals surface area contributed by atoms with Gasteiger partial charge in [0.15, 0.2) is 0 Å². The molecule has 98 valence electrons. The van der Waals surface area contributed by atoms with E-state index >= 15 is 0 Å². The number of rotatable bonds is 4. The quantitative estimate of drug-likeness (QED) is 0.658. The Labute approximate surface area is 105 Å². The van der Waals surface area contributed by atoms with Crippen molar-refractivity contribution < 1.29 is 14.5 Å². The third kappa shape index (κ3) is 3.19. The Bertz CT molecular complexity index is 471. The topological polar surface area (TPSA) is 95.5 Å². The van der Waals surface area contributed by atoms with Gasteiger partial charge < -0.3 is 10.5 Å². The van der Waals surface area contributed by atoms with Crippen molar-refractivity contribution in [2.75, 3.05) is 0 Å². The zero-order valence-electron chi connectivity index (χ0n) is 10.5. The first-order valence-corrected chi connectivity index (χ1v) is 5.47. The number of hydrogen-bond donors (Lipinski definition) is 1. The van der Waals surface area contributed by atoms with Crippen LogP contribution in [0.4, 0.5) is 10.5 Å². The van der Waals surface area contributed by atoms with E-state index in [0.29, 0.717) is 0 Å². The number of benzene rings is 1. The number of nitro groups is 1. The van der Waals surface area contributed by atoms with Crippen LogP contribution >= 0.6 is 0 Å². The molecule has 0 aliphatic heterocycles. The minimum atomic E-state index is -0.864. The van der Waals surface area contributed by atoms with E-state index < -0.39 is 16.6 Å². The van der Waals surface area contributed by atoms with Gasteiger partial charge in [0.25, 0.3) is 5.69 Å². The highest BCUT2D eigenvalue weighted by Crippen LogP contribution is 2.32. The van der Waals surface area contributed by atoms with Gasteiger partial charge in [-0.3, -0.25) is 10.1 Å². The molecule has 0 fully saturated rings. The Morgan fingerprint density at radius 1 is 1.50 bits per heavy atom. The number of non-ortho nitro benzene ring substituents is 1. The minimum absolute atomic E-state index is 0.00854. The summed E-state index contributed by atoms with van der Waals surface area (Å²) in [4.78, 5) is 21.1. The third-order valence-corrected chi connectivity index (χ3v) is 2.99. The average molecular weight is 252 g/mol. The van der Waals surface area contributed by atoms with Gasteiger partial charge in [-0.15, -0.1) is 0 Å². The van der Waals surface area contributed by atoms with E-state index in [-0.39, 0.29) is 11.6 Å². The summed E-state index contributed by atoms with van der Waals surface area (Å²) in [7, 11) is 0. The van der Waals surface area contributed by atoms with E-state index in [1.54, 1.807) is 26.0 Å². The number of ether oxygens (including phenoxy) is 1. The highest BCUT2D eigenvalue weighted by molar-refractivity contribution is 5.65. The smallest absolute Gasteiger partial charge is 0.405 e. The summed E-state index contributed by atoms with van der Waals surface area (Å²) >= 11 is 0. The second-order valence-corrected chi connectivity index (χ2v) is 4.60. The van der Waals surface area contributed by atoms with Crippen LogP contribution in [0.5, 0.6) is 0 Å². The normalized spacial score (nSPS) is 12.8. The zero-order valence-corrected chi connectivity index (χ0v) is 10.5. The number of nitro benzene ring substituents is 1. The molecule has 0 aromatic heterocycles. The molecule has 1 unspecified atom stereocenters. The van der Waals surface area contributed by atoms with Crippen LogP contribution in [0.25, 0.3) is 0 Å². The van der Waals surface area contributed by atoms with E-state index in [1.807, 2.05) is 6.92 Å². The molecule has 0 heterocycles. The van der Waals surface area contributed by atoms with Gasteiger partial charge in [0.05, 0.1) is 4.92 Å². The maximum atomic E-state index is 10.8. The highest BCUT2D eigenvalue weighted by Gasteiger charge is 2.31. The van der Waals surface area contributed by atoms with Gasteiger partial charge in [0.2, 0.25) is 0 Å². The van der Waals surface area contributed by atoms with Crippen molar-refractivity contribution >= 4 is 11.8 Å². The summed E-state index contributed by atoms with van der Waals surface area (Å²) in [6.07, 6.45) is -0.864. The predicted octanol–water partition coefficient (Wildman–Crippen LogP) is 2.57. The van der Waals surface area contributed by atoms with Crippen molar-refractivity contribution in [3.8, 4) is 0 Å². The monoisotopic (exact) mass is 252 g/mol. The lowest BCUT2D eigenvalue weighted by atomic mass is 9.86. The van der Waals surface area contributed by atoms with Gasteiger partial charge in [0, 0.05) is 18.1 Å². The van der Waals surface area contributed by atoms with E-state index in [1.165, 1.54) is 12.1 Å². The van der Waals surface area contributed by atoms with Gasteiger partial charge in [-0.25, -0.2) is 4.79 Å².